The SMILES string of the molecule is O=C(NCCO)c1ccc(OC2=C[C@@H](c3ccc(OC(F)(F)F)cc3)ON2)cn1. The van der Waals surface area contributed by atoms with E-state index in [1.807, 2.05) is 0 Å². The molecule has 154 valence electrons. The van der Waals surface area contributed by atoms with Gasteiger partial charge < -0.3 is 19.9 Å². The van der Waals surface area contributed by atoms with E-state index in [0.29, 0.717) is 11.3 Å². The maximum Gasteiger partial charge on any atom is 0.573 e. The van der Waals surface area contributed by atoms with Gasteiger partial charge in [-0.2, -0.15) is 0 Å². The van der Waals surface area contributed by atoms with E-state index in [-0.39, 0.29) is 30.5 Å². The predicted molar refractivity (Wildman–Crippen MR) is 92.5 cm³/mol. The van der Waals surface area contributed by atoms with Crippen LogP contribution in [0.25, 0.3) is 0 Å². The Morgan fingerprint density at radius 1 is 1.21 bits per heavy atom. The highest BCUT2D eigenvalue weighted by Crippen LogP contribution is 2.28. The molecule has 0 fully saturated rings. The molecule has 0 aliphatic carbocycles. The monoisotopic (exact) mass is 411 g/mol. The number of alkyl halides is 3. The average molecular weight is 411 g/mol. The van der Waals surface area contributed by atoms with Crippen molar-refractivity contribution in [2.45, 2.75) is 12.5 Å². The van der Waals surface area contributed by atoms with Gasteiger partial charge in [-0.1, -0.05) is 12.1 Å². The van der Waals surface area contributed by atoms with E-state index in [2.05, 4.69) is 20.5 Å². The molecule has 2 aromatic rings. The first kappa shape index (κ1) is 20.4. The van der Waals surface area contributed by atoms with Crippen LogP contribution >= 0.6 is 0 Å². The normalized spacial score (nSPS) is 16.0. The third-order valence-corrected chi connectivity index (χ3v) is 3.63. The van der Waals surface area contributed by atoms with Crippen LogP contribution in [0.15, 0.2) is 54.6 Å². The Hall–Kier alpha value is -3.31. The van der Waals surface area contributed by atoms with Crippen molar-refractivity contribution in [3.8, 4) is 11.5 Å². The number of pyridine rings is 1. The summed E-state index contributed by atoms with van der Waals surface area (Å²) in [7, 11) is 0. The summed E-state index contributed by atoms with van der Waals surface area (Å²) in [6, 6.07) is 8.23. The highest BCUT2D eigenvalue weighted by Gasteiger charge is 2.31. The molecule has 1 aromatic heterocycles. The Kier molecular flexibility index (Phi) is 6.20. The Balaban J connectivity index is 1.59. The van der Waals surface area contributed by atoms with E-state index in [0.717, 1.165) is 0 Å². The number of hydrogen-bond donors (Lipinski definition) is 3. The highest BCUT2D eigenvalue weighted by molar-refractivity contribution is 5.92. The second-order valence-electron chi connectivity index (χ2n) is 5.75. The number of aliphatic hydroxyl groups excluding tert-OH is 1. The van der Waals surface area contributed by atoms with E-state index in [1.54, 1.807) is 6.08 Å². The number of amides is 1. The van der Waals surface area contributed by atoms with Gasteiger partial charge in [-0.25, -0.2) is 10.5 Å². The lowest BCUT2D eigenvalue weighted by molar-refractivity contribution is -0.274. The lowest BCUT2D eigenvalue weighted by Gasteiger charge is -2.11. The second-order valence-corrected chi connectivity index (χ2v) is 5.75. The summed E-state index contributed by atoms with van der Waals surface area (Å²) >= 11 is 0. The molecule has 3 rings (SSSR count). The van der Waals surface area contributed by atoms with Crippen LogP contribution in [0.5, 0.6) is 11.5 Å². The van der Waals surface area contributed by atoms with Gasteiger partial charge in [0.25, 0.3) is 5.91 Å². The zero-order valence-corrected chi connectivity index (χ0v) is 14.8. The van der Waals surface area contributed by atoms with Crippen molar-refractivity contribution in [1.29, 1.82) is 0 Å². The van der Waals surface area contributed by atoms with Gasteiger partial charge in [-0.15, -0.1) is 13.2 Å². The van der Waals surface area contributed by atoms with E-state index >= 15 is 0 Å². The summed E-state index contributed by atoms with van der Waals surface area (Å²) < 4.78 is 46.0. The molecule has 1 aromatic carbocycles. The van der Waals surface area contributed by atoms with E-state index in [1.165, 1.54) is 42.6 Å². The number of aliphatic hydroxyl groups is 1. The third-order valence-electron chi connectivity index (χ3n) is 3.63. The molecule has 8 nitrogen and oxygen atoms in total. The van der Waals surface area contributed by atoms with Crippen molar-refractivity contribution < 1.29 is 37.4 Å². The number of nitrogens with zero attached hydrogens (tertiary/aromatic N) is 1. The van der Waals surface area contributed by atoms with Crippen LogP contribution in [0.1, 0.15) is 22.2 Å². The molecular formula is C18H16F3N3O5. The molecular weight excluding hydrogens is 395 g/mol. The number of rotatable bonds is 7. The number of nitrogens with one attached hydrogen (secondary N) is 2. The molecule has 1 aliphatic rings. The fraction of sp³-hybridized carbons (Fsp3) is 0.222. The van der Waals surface area contributed by atoms with Crippen molar-refractivity contribution in [1.82, 2.24) is 15.8 Å². The largest absolute Gasteiger partial charge is 0.573 e. The Morgan fingerprint density at radius 3 is 2.55 bits per heavy atom. The van der Waals surface area contributed by atoms with Gasteiger partial charge in [0.15, 0.2) is 0 Å². The minimum absolute atomic E-state index is 0.123. The van der Waals surface area contributed by atoms with Crippen LogP contribution in [-0.2, 0) is 4.84 Å². The molecule has 3 N–H and O–H groups in total. The second kappa shape index (κ2) is 8.80. The Labute approximate surface area is 162 Å². The fourth-order valence-corrected chi connectivity index (χ4v) is 2.37. The summed E-state index contributed by atoms with van der Waals surface area (Å²) in [5, 5.41) is 11.2. The van der Waals surface area contributed by atoms with Gasteiger partial charge in [0.1, 0.15) is 23.3 Å². The van der Waals surface area contributed by atoms with E-state index in [4.69, 9.17) is 14.7 Å². The first-order chi connectivity index (χ1) is 13.8. The number of aromatic nitrogens is 1. The molecule has 29 heavy (non-hydrogen) atoms. The third kappa shape index (κ3) is 5.83. The zero-order valence-electron chi connectivity index (χ0n) is 14.8. The molecule has 2 heterocycles. The molecule has 1 amide bonds. The maximum absolute atomic E-state index is 12.2. The summed E-state index contributed by atoms with van der Waals surface area (Å²) in [6.07, 6.45) is -2.41. The van der Waals surface area contributed by atoms with Gasteiger partial charge in [0, 0.05) is 12.6 Å². The lowest BCUT2D eigenvalue weighted by Crippen LogP contribution is -2.27. The number of hydroxylamine groups is 1. The van der Waals surface area contributed by atoms with Crippen LogP contribution in [-0.4, -0.2) is 35.5 Å². The van der Waals surface area contributed by atoms with E-state index < -0.39 is 18.4 Å². The van der Waals surface area contributed by atoms with Crippen LogP contribution in [0.3, 0.4) is 0 Å². The van der Waals surface area contributed by atoms with Crippen LogP contribution < -0.4 is 20.3 Å². The molecule has 1 aliphatic heterocycles. The highest BCUT2D eigenvalue weighted by atomic mass is 19.4. The Bertz CT molecular complexity index is 870. The molecule has 0 bridgehead atoms. The number of ether oxygens (including phenoxy) is 2. The van der Waals surface area contributed by atoms with Crippen LogP contribution in [0.4, 0.5) is 13.2 Å². The first-order valence-electron chi connectivity index (χ1n) is 8.36. The molecule has 0 spiro atoms. The van der Waals surface area contributed by atoms with Gasteiger partial charge >= 0.3 is 6.36 Å². The zero-order chi connectivity index (χ0) is 20.9. The minimum Gasteiger partial charge on any atom is -0.438 e. The average Bonchev–Trinajstić information content (AvgIpc) is 3.14. The number of hydrogen-bond acceptors (Lipinski definition) is 7. The van der Waals surface area contributed by atoms with Gasteiger partial charge in [-0.3, -0.25) is 9.63 Å². The van der Waals surface area contributed by atoms with Crippen LogP contribution in [0, 0.1) is 0 Å². The summed E-state index contributed by atoms with van der Waals surface area (Å²) in [5.41, 5.74) is 3.31. The minimum atomic E-state index is -4.75. The molecule has 0 unspecified atom stereocenters. The standard InChI is InChI=1S/C18H16F3N3O5/c19-18(20,21)28-12-3-1-11(2-4-12)15-9-16(24-29-15)27-13-5-6-14(23-10-13)17(26)22-7-8-25/h1-6,9-10,15,24-25H,7-8H2,(H,22,26)/t15-/m0/s1. The summed E-state index contributed by atoms with van der Waals surface area (Å²) in [5.74, 6) is -0.169. The van der Waals surface area contributed by atoms with Crippen molar-refractivity contribution in [3.05, 3.63) is 65.8 Å². The van der Waals surface area contributed by atoms with Gasteiger partial charge in [-0.05, 0) is 29.8 Å². The maximum atomic E-state index is 12.2. The van der Waals surface area contributed by atoms with Gasteiger partial charge in [0.05, 0.1) is 12.8 Å². The van der Waals surface area contributed by atoms with Crippen molar-refractivity contribution in [2.24, 2.45) is 0 Å². The number of carbonyl (C=O) groups is 1. The van der Waals surface area contributed by atoms with Gasteiger partial charge in [0.2, 0.25) is 5.88 Å². The molecule has 0 radical (unpaired) electrons. The lowest BCUT2D eigenvalue weighted by atomic mass is 10.1. The smallest absolute Gasteiger partial charge is 0.438 e. The van der Waals surface area contributed by atoms with Crippen molar-refractivity contribution >= 4 is 5.91 Å². The van der Waals surface area contributed by atoms with Crippen molar-refractivity contribution in [3.63, 3.8) is 0 Å². The Morgan fingerprint density at radius 2 is 1.93 bits per heavy atom. The predicted octanol–water partition coefficient (Wildman–Crippen LogP) is 2.20. The number of benzene rings is 1. The topological polar surface area (TPSA) is 102 Å². The summed E-state index contributed by atoms with van der Waals surface area (Å²) in [4.78, 5) is 21.0. The molecule has 0 saturated carbocycles. The molecule has 0 saturated heterocycles. The number of halogens is 3. The number of carbonyl (C=O) groups excluding carboxylic acids is 1. The molecule has 11 heteroatoms. The molecule has 1 atom stereocenters. The van der Waals surface area contributed by atoms with Crippen molar-refractivity contribution in [2.75, 3.05) is 13.2 Å². The first-order valence-corrected chi connectivity index (χ1v) is 8.36. The summed E-state index contributed by atoms with van der Waals surface area (Å²) in [6.45, 7) is -0.0520. The van der Waals surface area contributed by atoms with Crippen LogP contribution in [0.2, 0.25) is 0 Å². The quantitative estimate of drug-likeness (QED) is 0.642. The van der Waals surface area contributed by atoms with E-state index in [9.17, 15) is 18.0 Å². The fourth-order valence-electron chi connectivity index (χ4n) is 2.37.